The number of hydrogen-bond acceptors (Lipinski definition) is 2. The van der Waals surface area contributed by atoms with Gasteiger partial charge in [0.05, 0.1) is 0 Å². The number of Topliss-reactive ketones (excluding diaryl/α,β-unsaturated/α-hetero) is 1. The first-order chi connectivity index (χ1) is 8.76. The highest BCUT2D eigenvalue weighted by Gasteiger charge is 2.20. The molecule has 0 aromatic heterocycles. The van der Waals surface area contributed by atoms with Gasteiger partial charge in [-0.25, -0.2) is 0 Å². The average Bonchev–Trinajstić information content (AvgIpc) is 2.81. The summed E-state index contributed by atoms with van der Waals surface area (Å²) in [6, 6.07) is 0. The van der Waals surface area contributed by atoms with Gasteiger partial charge >= 0.3 is 0 Å². The van der Waals surface area contributed by atoms with Gasteiger partial charge in [-0.05, 0) is 37.2 Å². The van der Waals surface area contributed by atoms with E-state index in [1.807, 2.05) is 25.0 Å². The van der Waals surface area contributed by atoms with Gasteiger partial charge in [0, 0.05) is 12.8 Å². The monoisotopic (exact) mass is 248 g/mol. The van der Waals surface area contributed by atoms with Crippen LogP contribution < -0.4 is 0 Å². The zero-order chi connectivity index (χ0) is 13.8. The van der Waals surface area contributed by atoms with Crippen molar-refractivity contribution in [3.63, 3.8) is 0 Å². The molecule has 0 saturated heterocycles. The van der Waals surface area contributed by atoms with Crippen molar-refractivity contribution in [1.82, 2.24) is 0 Å². The first kappa shape index (κ1) is 16.6. The van der Waals surface area contributed by atoms with Crippen LogP contribution in [0.5, 0.6) is 0 Å². The Morgan fingerprint density at radius 2 is 2.00 bits per heavy atom. The van der Waals surface area contributed by atoms with Gasteiger partial charge in [-0.3, -0.25) is 4.79 Å². The molecule has 0 bridgehead atoms. The van der Waals surface area contributed by atoms with Crippen molar-refractivity contribution in [2.24, 2.45) is 5.92 Å². The van der Waals surface area contributed by atoms with Crippen molar-refractivity contribution in [2.75, 3.05) is 0 Å². The fourth-order valence-corrected chi connectivity index (χ4v) is 2.30. The van der Waals surface area contributed by atoms with Crippen LogP contribution in [0.4, 0.5) is 0 Å². The first-order valence-electron chi connectivity index (χ1n) is 6.51. The van der Waals surface area contributed by atoms with E-state index in [0.29, 0.717) is 11.7 Å². The van der Waals surface area contributed by atoms with E-state index in [4.69, 9.17) is 4.79 Å². The van der Waals surface area contributed by atoms with Gasteiger partial charge in [0.2, 0.25) is 0 Å². The molecule has 0 amide bonds. The molecule has 0 heterocycles. The largest absolute Gasteiger partial charge is 0.307 e. The smallest absolute Gasteiger partial charge is 0.133 e. The SMILES string of the molecule is C=C/C=C(\C=C)CCCCC1CCC(=O)C1.C=O. The van der Waals surface area contributed by atoms with Gasteiger partial charge in [0.15, 0.2) is 0 Å². The van der Waals surface area contributed by atoms with Crippen LogP contribution in [-0.2, 0) is 9.59 Å². The Morgan fingerprint density at radius 1 is 1.28 bits per heavy atom. The molecule has 1 aliphatic rings. The molecule has 0 radical (unpaired) electrons. The van der Waals surface area contributed by atoms with Crippen LogP contribution in [0, 0.1) is 5.92 Å². The summed E-state index contributed by atoms with van der Waals surface area (Å²) in [4.78, 5) is 19.1. The second kappa shape index (κ2) is 10.7. The molecule has 0 aromatic carbocycles. The molecule has 1 atom stereocenters. The lowest BCUT2D eigenvalue weighted by Crippen LogP contribution is -1.95. The van der Waals surface area contributed by atoms with E-state index < -0.39 is 0 Å². The minimum Gasteiger partial charge on any atom is -0.307 e. The number of carbonyl (C=O) groups excluding carboxylic acids is 2. The second-order valence-electron chi connectivity index (χ2n) is 4.57. The molecular weight excluding hydrogens is 224 g/mol. The third-order valence-electron chi connectivity index (χ3n) is 3.27. The Morgan fingerprint density at radius 3 is 2.50 bits per heavy atom. The molecule has 100 valence electrons. The maximum Gasteiger partial charge on any atom is 0.133 e. The number of rotatable bonds is 7. The van der Waals surface area contributed by atoms with Crippen LogP contribution in [0.2, 0.25) is 0 Å². The Hall–Kier alpha value is -1.44. The van der Waals surface area contributed by atoms with Crippen LogP contribution >= 0.6 is 0 Å². The number of ketones is 1. The summed E-state index contributed by atoms with van der Waals surface area (Å²) >= 11 is 0. The molecule has 1 rings (SSSR count). The molecule has 2 nitrogen and oxygen atoms in total. The highest BCUT2D eigenvalue weighted by Crippen LogP contribution is 2.27. The topological polar surface area (TPSA) is 34.1 Å². The van der Waals surface area contributed by atoms with Crippen LogP contribution in [0.3, 0.4) is 0 Å². The quantitative estimate of drug-likeness (QED) is 0.503. The lowest BCUT2D eigenvalue weighted by molar-refractivity contribution is -0.117. The van der Waals surface area contributed by atoms with E-state index in [2.05, 4.69) is 13.2 Å². The maximum absolute atomic E-state index is 11.1. The van der Waals surface area contributed by atoms with Crippen LogP contribution in [0.25, 0.3) is 0 Å². The van der Waals surface area contributed by atoms with Crippen molar-refractivity contribution in [3.05, 3.63) is 37.0 Å². The lowest BCUT2D eigenvalue weighted by atomic mass is 9.98. The number of allylic oxidation sites excluding steroid dienone is 4. The van der Waals surface area contributed by atoms with Crippen molar-refractivity contribution in [1.29, 1.82) is 0 Å². The highest BCUT2D eigenvalue weighted by molar-refractivity contribution is 5.80. The minimum absolute atomic E-state index is 0.461. The molecular formula is C16H24O2. The van der Waals surface area contributed by atoms with Gasteiger partial charge in [-0.2, -0.15) is 0 Å². The fourth-order valence-electron chi connectivity index (χ4n) is 2.30. The average molecular weight is 248 g/mol. The van der Waals surface area contributed by atoms with Crippen molar-refractivity contribution >= 4 is 12.6 Å². The fraction of sp³-hybridized carbons (Fsp3) is 0.500. The third-order valence-corrected chi connectivity index (χ3v) is 3.27. The second-order valence-corrected chi connectivity index (χ2v) is 4.57. The van der Waals surface area contributed by atoms with Gasteiger partial charge in [0.1, 0.15) is 12.6 Å². The molecule has 0 aliphatic heterocycles. The summed E-state index contributed by atoms with van der Waals surface area (Å²) < 4.78 is 0. The van der Waals surface area contributed by atoms with E-state index in [0.717, 1.165) is 25.7 Å². The van der Waals surface area contributed by atoms with Crippen LogP contribution in [0.15, 0.2) is 37.0 Å². The summed E-state index contributed by atoms with van der Waals surface area (Å²) in [7, 11) is 0. The molecule has 1 aliphatic carbocycles. The number of hydrogen-bond donors (Lipinski definition) is 0. The summed E-state index contributed by atoms with van der Waals surface area (Å²) in [6.07, 6.45) is 13.2. The van der Waals surface area contributed by atoms with Gasteiger partial charge in [0.25, 0.3) is 0 Å². The van der Waals surface area contributed by atoms with Gasteiger partial charge < -0.3 is 4.79 Å². The number of carbonyl (C=O) groups is 2. The van der Waals surface area contributed by atoms with E-state index in [-0.39, 0.29) is 0 Å². The molecule has 1 unspecified atom stereocenters. The Balaban J connectivity index is 0.00000137. The standard InChI is InChI=1S/C15H22O.CH2O/c1-3-7-13(4-2)8-5-6-9-14-10-11-15(16)12-14;1-2/h3-4,7,14H,1-2,5-6,8-12H2;1H2/b13-7+;. The summed E-state index contributed by atoms with van der Waals surface area (Å²) in [5.41, 5.74) is 1.26. The van der Waals surface area contributed by atoms with Gasteiger partial charge in [-0.1, -0.05) is 37.8 Å². The molecule has 0 spiro atoms. The Bertz CT molecular complexity index is 302. The molecule has 0 N–H and O–H groups in total. The van der Waals surface area contributed by atoms with E-state index in [1.54, 1.807) is 0 Å². The Kier molecular flexibility index (Phi) is 9.84. The van der Waals surface area contributed by atoms with E-state index in [9.17, 15) is 4.79 Å². The molecule has 2 heteroatoms. The lowest BCUT2D eigenvalue weighted by Gasteiger charge is -2.07. The van der Waals surface area contributed by atoms with Crippen molar-refractivity contribution < 1.29 is 9.59 Å². The van der Waals surface area contributed by atoms with Crippen molar-refractivity contribution in [2.45, 2.75) is 44.9 Å². The Labute approximate surface area is 110 Å². The van der Waals surface area contributed by atoms with Crippen LogP contribution in [-0.4, -0.2) is 12.6 Å². The van der Waals surface area contributed by atoms with Crippen molar-refractivity contribution in [3.8, 4) is 0 Å². The van der Waals surface area contributed by atoms with E-state index >= 15 is 0 Å². The summed E-state index contributed by atoms with van der Waals surface area (Å²) in [5, 5.41) is 0. The predicted octanol–water partition coefficient (Wildman–Crippen LogP) is 4.03. The van der Waals surface area contributed by atoms with Gasteiger partial charge in [-0.15, -0.1) is 0 Å². The molecule has 1 fully saturated rings. The minimum atomic E-state index is 0.461. The highest BCUT2D eigenvalue weighted by atomic mass is 16.1. The molecule has 18 heavy (non-hydrogen) atoms. The molecule has 1 saturated carbocycles. The molecule has 0 aromatic rings. The normalized spacial score (nSPS) is 19.0. The first-order valence-corrected chi connectivity index (χ1v) is 6.51. The third kappa shape index (κ3) is 7.00. The zero-order valence-electron chi connectivity index (χ0n) is 11.2. The van der Waals surface area contributed by atoms with E-state index in [1.165, 1.54) is 24.8 Å². The zero-order valence-corrected chi connectivity index (χ0v) is 11.2. The maximum atomic E-state index is 11.1. The summed E-state index contributed by atoms with van der Waals surface area (Å²) in [5.74, 6) is 1.13. The summed E-state index contributed by atoms with van der Waals surface area (Å²) in [6.45, 7) is 9.47. The number of unbranched alkanes of at least 4 members (excludes halogenated alkanes) is 1. The predicted molar refractivity (Wildman–Crippen MR) is 76.4 cm³/mol. The van der Waals surface area contributed by atoms with Crippen LogP contribution in [0.1, 0.15) is 44.9 Å².